The molecule has 1 saturated carbocycles. The fourth-order valence-electron chi connectivity index (χ4n) is 2.90. The second-order valence-corrected chi connectivity index (χ2v) is 6.10. The average Bonchev–Trinajstić information content (AvgIpc) is 3.28. The maximum Gasteiger partial charge on any atom is 0.240 e. The van der Waals surface area contributed by atoms with Crippen LogP contribution < -0.4 is 11.1 Å². The number of nitrogens with one attached hydrogen (secondary N) is 1. The Kier molecular flexibility index (Phi) is 4.91. The van der Waals surface area contributed by atoms with Gasteiger partial charge in [0.2, 0.25) is 5.91 Å². The Labute approximate surface area is 131 Å². The number of halogens is 1. The van der Waals surface area contributed by atoms with Crippen LogP contribution in [0.4, 0.5) is 0 Å². The van der Waals surface area contributed by atoms with Gasteiger partial charge in [-0.05, 0) is 31.2 Å². The fourth-order valence-corrected chi connectivity index (χ4v) is 2.90. The molecular weight excluding hydrogens is 288 g/mol. The Morgan fingerprint density at radius 3 is 2.33 bits per heavy atom. The first-order chi connectivity index (χ1) is 9.65. The van der Waals surface area contributed by atoms with Crippen LogP contribution in [0, 0.1) is 0 Å². The van der Waals surface area contributed by atoms with Gasteiger partial charge < -0.3 is 15.8 Å². The number of carbonyl (C=O) groups is 1. The van der Waals surface area contributed by atoms with Gasteiger partial charge in [0.25, 0.3) is 0 Å². The third-order valence-corrected chi connectivity index (χ3v) is 4.66. The second-order valence-electron chi connectivity index (χ2n) is 6.10. The largest absolute Gasteiger partial charge is 0.381 e. The Morgan fingerprint density at radius 1 is 1.14 bits per heavy atom. The molecule has 3 rings (SSSR count). The number of benzene rings is 1. The summed E-state index contributed by atoms with van der Waals surface area (Å²) < 4.78 is 5.28. The molecule has 1 aromatic rings. The molecule has 1 aromatic carbocycles. The zero-order valence-corrected chi connectivity index (χ0v) is 13.0. The van der Waals surface area contributed by atoms with Gasteiger partial charge >= 0.3 is 0 Å². The quantitative estimate of drug-likeness (QED) is 0.891. The van der Waals surface area contributed by atoms with Crippen LogP contribution in [-0.2, 0) is 14.9 Å². The second kappa shape index (κ2) is 6.34. The van der Waals surface area contributed by atoms with Crippen molar-refractivity contribution in [2.45, 2.75) is 36.6 Å². The van der Waals surface area contributed by atoms with E-state index in [4.69, 9.17) is 10.5 Å². The van der Waals surface area contributed by atoms with Gasteiger partial charge in [0.15, 0.2) is 0 Å². The summed E-state index contributed by atoms with van der Waals surface area (Å²) >= 11 is 0. The lowest BCUT2D eigenvalue weighted by molar-refractivity contribution is -0.129. The van der Waals surface area contributed by atoms with Crippen molar-refractivity contribution in [3.05, 3.63) is 35.9 Å². The van der Waals surface area contributed by atoms with Crippen molar-refractivity contribution in [1.82, 2.24) is 5.32 Å². The summed E-state index contributed by atoms with van der Waals surface area (Å²) in [6, 6.07) is 10.4. The highest BCUT2D eigenvalue weighted by Crippen LogP contribution is 2.47. The Hall–Kier alpha value is -1.10. The summed E-state index contributed by atoms with van der Waals surface area (Å²) in [7, 11) is 0. The maximum atomic E-state index is 12.3. The Morgan fingerprint density at radius 2 is 1.76 bits per heavy atom. The molecule has 3 N–H and O–H groups in total. The number of hydrogen-bond acceptors (Lipinski definition) is 3. The summed E-state index contributed by atoms with van der Waals surface area (Å²) in [6.07, 6.45) is 3.49. The highest BCUT2D eigenvalue weighted by Gasteiger charge is 2.45. The van der Waals surface area contributed by atoms with E-state index in [0.717, 1.165) is 12.8 Å². The monoisotopic (exact) mass is 310 g/mol. The molecule has 0 unspecified atom stereocenters. The topological polar surface area (TPSA) is 64.4 Å². The van der Waals surface area contributed by atoms with Crippen molar-refractivity contribution in [2.24, 2.45) is 5.73 Å². The van der Waals surface area contributed by atoms with Gasteiger partial charge in [0, 0.05) is 25.2 Å². The van der Waals surface area contributed by atoms with E-state index in [9.17, 15) is 4.79 Å². The van der Waals surface area contributed by atoms with Crippen LogP contribution in [0.5, 0.6) is 0 Å². The van der Waals surface area contributed by atoms with E-state index >= 15 is 0 Å². The minimum atomic E-state index is -0.745. The molecule has 1 aliphatic heterocycles. The molecule has 0 atom stereocenters. The lowest BCUT2D eigenvalue weighted by Gasteiger charge is -2.32. The zero-order valence-electron chi connectivity index (χ0n) is 12.1. The van der Waals surface area contributed by atoms with E-state index in [2.05, 4.69) is 29.6 Å². The molecule has 21 heavy (non-hydrogen) atoms. The first kappa shape index (κ1) is 16.3. The van der Waals surface area contributed by atoms with Crippen molar-refractivity contribution in [3.63, 3.8) is 0 Å². The number of hydrogen-bond donors (Lipinski definition) is 2. The number of carbonyl (C=O) groups excluding carboxylic acids is 1. The molecule has 0 aromatic heterocycles. The molecule has 2 fully saturated rings. The summed E-state index contributed by atoms with van der Waals surface area (Å²) in [4.78, 5) is 12.3. The first-order valence-electron chi connectivity index (χ1n) is 7.35. The van der Waals surface area contributed by atoms with Gasteiger partial charge in [-0.1, -0.05) is 30.3 Å². The van der Waals surface area contributed by atoms with Gasteiger partial charge in [-0.2, -0.15) is 0 Å². The number of amides is 1. The first-order valence-corrected chi connectivity index (χ1v) is 7.35. The van der Waals surface area contributed by atoms with E-state index < -0.39 is 5.54 Å². The highest BCUT2D eigenvalue weighted by atomic mass is 35.5. The van der Waals surface area contributed by atoms with Crippen molar-refractivity contribution in [2.75, 3.05) is 19.8 Å². The van der Waals surface area contributed by atoms with Gasteiger partial charge in [-0.15, -0.1) is 12.4 Å². The fraction of sp³-hybridized carbons (Fsp3) is 0.562. The van der Waals surface area contributed by atoms with Crippen molar-refractivity contribution in [1.29, 1.82) is 0 Å². The molecular formula is C16H23ClN2O2. The smallest absolute Gasteiger partial charge is 0.240 e. The molecule has 1 heterocycles. The molecule has 116 valence electrons. The third-order valence-electron chi connectivity index (χ3n) is 4.66. The van der Waals surface area contributed by atoms with Crippen LogP contribution in [0.1, 0.15) is 31.2 Å². The van der Waals surface area contributed by atoms with Gasteiger partial charge in [-0.25, -0.2) is 0 Å². The predicted octanol–water partition coefficient (Wildman–Crippen LogP) is 1.76. The van der Waals surface area contributed by atoms with Crippen LogP contribution in [0.25, 0.3) is 0 Å². The third kappa shape index (κ3) is 3.39. The molecule has 0 bridgehead atoms. The van der Waals surface area contributed by atoms with E-state index in [0.29, 0.717) is 32.6 Å². The predicted molar refractivity (Wildman–Crippen MR) is 84.6 cm³/mol. The summed E-state index contributed by atoms with van der Waals surface area (Å²) in [5.41, 5.74) is 6.91. The van der Waals surface area contributed by atoms with E-state index in [1.54, 1.807) is 0 Å². The minimum absolute atomic E-state index is 0. The van der Waals surface area contributed by atoms with Crippen LogP contribution in [0.3, 0.4) is 0 Å². The van der Waals surface area contributed by atoms with Crippen LogP contribution in [0.15, 0.2) is 30.3 Å². The average molecular weight is 311 g/mol. The Balaban J connectivity index is 0.00000161. The summed E-state index contributed by atoms with van der Waals surface area (Å²) in [6.45, 7) is 1.84. The molecule has 1 saturated heterocycles. The van der Waals surface area contributed by atoms with Gasteiger partial charge in [-0.3, -0.25) is 4.79 Å². The van der Waals surface area contributed by atoms with E-state index in [-0.39, 0.29) is 23.7 Å². The maximum absolute atomic E-state index is 12.3. The lowest BCUT2D eigenvalue weighted by atomic mass is 9.89. The molecule has 0 spiro atoms. The normalized spacial score (nSPS) is 22.0. The van der Waals surface area contributed by atoms with Crippen LogP contribution >= 0.6 is 12.4 Å². The molecule has 2 aliphatic rings. The summed E-state index contributed by atoms with van der Waals surface area (Å²) in [5.74, 6) is -0.0250. The highest BCUT2D eigenvalue weighted by molar-refractivity contribution is 5.86. The molecule has 1 aliphatic carbocycles. The summed E-state index contributed by atoms with van der Waals surface area (Å²) in [5, 5.41) is 3.07. The van der Waals surface area contributed by atoms with Crippen LogP contribution in [-0.4, -0.2) is 31.2 Å². The zero-order chi connectivity index (χ0) is 14.1. The number of rotatable bonds is 4. The van der Waals surface area contributed by atoms with Gasteiger partial charge in [0.05, 0.1) is 5.54 Å². The van der Waals surface area contributed by atoms with E-state index in [1.807, 2.05) is 6.07 Å². The molecule has 1 amide bonds. The Bertz CT molecular complexity index is 482. The van der Waals surface area contributed by atoms with Crippen molar-refractivity contribution < 1.29 is 9.53 Å². The SMILES string of the molecule is Cl.NC1(C(=O)NCC2(c3ccccc3)CC2)CCOCC1. The molecule has 0 radical (unpaired) electrons. The van der Waals surface area contributed by atoms with Gasteiger partial charge in [0.1, 0.15) is 0 Å². The molecule has 4 nitrogen and oxygen atoms in total. The molecule has 5 heteroatoms. The minimum Gasteiger partial charge on any atom is -0.381 e. The number of ether oxygens (including phenoxy) is 1. The van der Waals surface area contributed by atoms with Crippen molar-refractivity contribution in [3.8, 4) is 0 Å². The number of nitrogens with two attached hydrogens (primary N) is 1. The van der Waals surface area contributed by atoms with Crippen molar-refractivity contribution >= 4 is 18.3 Å². The van der Waals surface area contributed by atoms with Crippen LogP contribution in [0.2, 0.25) is 0 Å². The lowest BCUT2D eigenvalue weighted by Crippen LogP contribution is -2.57. The standard InChI is InChI=1S/C16H22N2O2.ClH/c17-16(8-10-20-11-9-16)14(19)18-12-15(6-7-15)13-4-2-1-3-5-13;/h1-5H,6-12,17H2,(H,18,19);1H. The van der Waals surface area contributed by atoms with E-state index in [1.165, 1.54) is 5.56 Å².